The fraction of sp³-hybridized carbons (Fsp3) is 0.562. The highest BCUT2D eigenvalue weighted by molar-refractivity contribution is 5.95. The van der Waals surface area contributed by atoms with Gasteiger partial charge < -0.3 is 10.6 Å². The zero-order valence-electron chi connectivity index (χ0n) is 12.4. The molecule has 3 nitrogen and oxygen atoms in total. The van der Waals surface area contributed by atoms with Crippen molar-refractivity contribution in [3.05, 3.63) is 34.9 Å². The number of carbonyl (C=O) groups is 1. The molecule has 4 heteroatoms. The zero-order valence-corrected chi connectivity index (χ0v) is 13.2. The third-order valence-corrected chi connectivity index (χ3v) is 3.93. The Kier molecular flexibility index (Phi) is 7.03. The summed E-state index contributed by atoms with van der Waals surface area (Å²) >= 11 is 0. The van der Waals surface area contributed by atoms with E-state index in [2.05, 4.69) is 30.5 Å². The summed E-state index contributed by atoms with van der Waals surface area (Å²) in [6.07, 6.45) is 3.31. The Balaban J connectivity index is 0.00000200. The van der Waals surface area contributed by atoms with Crippen LogP contribution in [0.3, 0.4) is 0 Å². The molecule has 0 radical (unpaired) electrons. The van der Waals surface area contributed by atoms with Crippen LogP contribution in [0.5, 0.6) is 0 Å². The molecule has 1 heterocycles. The summed E-state index contributed by atoms with van der Waals surface area (Å²) in [4.78, 5) is 12.1. The summed E-state index contributed by atoms with van der Waals surface area (Å²) in [6, 6.07) is 6.14. The largest absolute Gasteiger partial charge is 0.352 e. The van der Waals surface area contributed by atoms with Crippen LogP contribution < -0.4 is 10.6 Å². The van der Waals surface area contributed by atoms with Gasteiger partial charge in [0.25, 0.3) is 5.91 Å². The van der Waals surface area contributed by atoms with Crippen LogP contribution in [-0.2, 0) is 0 Å². The molecule has 1 fully saturated rings. The van der Waals surface area contributed by atoms with E-state index in [0.717, 1.165) is 37.2 Å². The average Bonchev–Trinajstić information content (AvgIpc) is 2.46. The lowest BCUT2D eigenvalue weighted by atomic mass is 9.86. The highest BCUT2D eigenvalue weighted by Gasteiger charge is 2.19. The third-order valence-electron chi connectivity index (χ3n) is 3.93. The molecule has 112 valence electrons. The molecule has 0 unspecified atom stereocenters. The van der Waals surface area contributed by atoms with Crippen molar-refractivity contribution in [2.75, 3.05) is 19.6 Å². The number of halogens is 1. The molecule has 20 heavy (non-hydrogen) atoms. The van der Waals surface area contributed by atoms with Crippen LogP contribution in [0.4, 0.5) is 0 Å². The van der Waals surface area contributed by atoms with E-state index in [1.165, 1.54) is 18.4 Å². The molecule has 1 aliphatic heterocycles. The predicted octanol–water partition coefficient (Wildman–Crippen LogP) is 3.02. The predicted molar refractivity (Wildman–Crippen MR) is 85.9 cm³/mol. The maximum Gasteiger partial charge on any atom is 0.251 e. The normalized spacial score (nSPS) is 15.5. The minimum Gasteiger partial charge on any atom is -0.352 e. The van der Waals surface area contributed by atoms with Gasteiger partial charge in [-0.05, 0) is 62.4 Å². The van der Waals surface area contributed by atoms with Gasteiger partial charge in [-0.25, -0.2) is 0 Å². The topological polar surface area (TPSA) is 41.1 Å². The second kappa shape index (κ2) is 8.28. The molecule has 2 rings (SSSR count). The van der Waals surface area contributed by atoms with Crippen molar-refractivity contribution in [3.63, 3.8) is 0 Å². The number of rotatable bonds is 4. The van der Waals surface area contributed by atoms with Gasteiger partial charge in [0.15, 0.2) is 0 Å². The van der Waals surface area contributed by atoms with E-state index in [-0.39, 0.29) is 18.3 Å². The highest BCUT2D eigenvalue weighted by atomic mass is 35.5. The molecule has 2 N–H and O–H groups in total. The second-order valence-electron chi connectivity index (χ2n) is 5.30. The van der Waals surface area contributed by atoms with Gasteiger partial charge in [0, 0.05) is 12.1 Å². The second-order valence-corrected chi connectivity index (χ2v) is 5.30. The maximum absolute atomic E-state index is 12.1. The monoisotopic (exact) mass is 296 g/mol. The Morgan fingerprint density at radius 3 is 2.70 bits per heavy atom. The van der Waals surface area contributed by atoms with Gasteiger partial charge in [0.05, 0.1) is 0 Å². The molecule has 0 spiro atoms. The fourth-order valence-corrected chi connectivity index (χ4v) is 2.81. The van der Waals surface area contributed by atoms with Crippen molar-refractivity contribution in [2.45, 2.75) is 39.0 Å². The number of hydrogen-bond donors (Lipinski definition) is 2. The van der Waals surface area contributed by atoms with Crippen LogP contribution in [0.1, 0.15) is 53.6 Å². The van der Waals surface area contributed by atoms with Crippen molar-refractivity contribution in [1.82, 2.24) is 10.6 Å². The molecule has 1 saturated heterocycles. The molecule has 0 saturated carbocycles. The van der Waals surface area contributed by atoms with E-state index < -0.39 is 0 Å². The number of amides is 1. The minimum absolute atomic E-state index is 0. The fourth-order valence-electron chi connectivity index (χ4n) is 2.81. The highest BCUT2D eigenvalue weighted by Crippen LogP contribution is 2.29. The van der Waals surface area contributed by atoms with Crippen molar-refractivity contribution in [3.8, 4) is 0 Å². The zero-order chi connectivity index (χ0) is 13.7. The lowest BCUT2D eigenvalue weighted by molar-refractivity contribution is 0.0953. The van der Waals surface area contributed by atoms with Gasteiger partial charge in [-0.2, -0.15) is 0 Å². The first-order valence-electron chi connectivity index (χ1n) is 7.32. The van der Waals surface area contributed by atoms with E-state index in [4.69, 9.17) is 0 Å². The first kappa shape index (κ1) is 17.0. The molecule has 0 aromatic heterocycles. The number of piperidine rings is 1. The number of nitrogens with one attached hydrogen (secondary N) is 2. The van der Waals surface area contributed by atoms with Crippen molar-refractivity contribution in [1.29, 1.82) is 0 Å². The van der Waals surface area contributed by atoms with E-state index >= 15 is 0 Å². The van der Waals surface area contributed by atoms with Crippen molar-refractivity contribution < 1.29 is 4.79 Å². The molecule has 0 bridgehead atoms. The lowest BCUT2D eigenvalue weighted by Crippen LogP contribution is -2.28. The van der Waals surface area contributed by atoms with Crippen LogP contribution in [-0.4, -0.2) is 25.5 Å². The Hall–Kier alpha value is -1.06. The molecular formula is C16H25ClN2O. The SMILES string of the molecule is CCCNC(=O)c1cccc(C2CCNCC2)c1C.Cl. The Labute approximate surface area is 127 Å². The quantitative estimate of drug-likeness (QED) is 0.897. The molecule has 0 aliphatic carbocycles. The van der Waals surface area contributed by atoms with Gasteiger partial charge in [0.2, 0.25) is 0 Å². The van der Waals surface area contributed by atoms with Gasteiger partial charge in [0.1, 0.15) is 0 Å². The van der Waals surface area contributed by atoms with Crippen LogP contribution in [0.15, 0.2) is 18.2 Å². The first-order valence-corrected chi connectivity index (χ1v) is 7.32. The number of benzene rings is 1. The Morgan fingerprint density at radius 2 is 2.05 bits per heavy atom. The Morgan fingerprint density at radius 1 is 1.35 bits per heavy atom. The van der Waals surface area contributed by atoms with Crippen LogP contribution in [0.25, 0.3) is 0 Å². The van der Waals surface area contributed by atoms with Gasteiger partial charge >= 0.3 is 0 Å². The average molecular weight is 297 g/mol. The van der Waals surface area contributed by atoms with Gasteiger partial charge in [-0.3, -0.25) is 4.79 Å². The van der Waals surface area contributed by atoms with Gasteiger partial charge in [-0.1, -0.05) is 19.1 Å². The summed E-state index contributed by atoms with van der Waals surface area (Å²) < 4.78 is 0. The molecule has 1 aromatic carbocycles. The van der Waals surface area contributed by atoms with Crippen molar-refractivity contribution in [2.24, 2.45) is 0 Å². The summed E-state index contributed by atoms with van der Waals surface area (Å²) in [6.45, 7) is 7.05. The smallest absolute Gasteiger partial charge is 0.251 e. The lowest BCUT2D eigenvalue weighted by Gasteiger charge is -2.25. The first-order chi connectivity index (χ1) is 9.24. The van der Waals surface area contributed by atoms with Crippen LogP contribution in [0.2, 0.25) is 0 Å². The molecule has 1 amide bonds. The summed E-state index contributed by atoms with van der Waals surface area (Å²) in [7, 11) is 0. The van der Waals surface area contributed by atoms with E-state index in [9.17, 15) is 4.79 Å². The summed E-state index contributed by atoms with van der Waals surface area (Å²) in [5.74, 6) is 0.662. The van der Waals surface area contributed by atoms with Crippen LogP contribution >= 0.6 is 12.4 Å². The Bertz CT molecular complexity index is 442. The summed E-state index contributed by atoms with van der Waals surface area (Å²) in [5, 5.41) is 6.36. The van der Waals surface area contributed by atoms with Gasteiger partial charge in [-0.15, -0.1) is 12.4 Å². The molecule has 1 aliphatic rings. The third kappa shape index (κ3) is 3.97. The number of carbonyl (C=O) groups excluding carboxylic acids is 1. The number of hydrogen-bond acceptors (Lipinski definition) is 2. The molecular weight excluding hydrogens is 272 g/mol. The summed E-state index contributed by atoms with van der Waals surface area (Å²) in [5.41, 5.74) is 3.35. The molecule has 1 aromatic rings. The van der Waals surface area contributed by atoms with E-state index in [1.54, 1.807) is 0 Å². The standard InChI is InChI=1S/C16H24N2O.ClH/c1-3-9-18-16(19)15-6-4-5-14(12(15)2)13-7-10-17-11-8-13;/h4-6,13,17H,3,7-11H2,1-2H3,(H,18,19);1H. The minimum atomic E-state index is 0. The maximum atomic E-state index is 12.1. The molecule has 0 atom stereocenters. The van der Waals surface area contributed by atoms with E-state index in [1.807, 2.05) is 12.1 Å². The van der Waals surface area contributed by atoms with Crippen LogP contribution in [0, 0.1) is 6.92 Å². The van der Waals surface area contributed by atoms with Crippen molar-refractivity contribution >= 4 is 18.3 Å². The van der Waals surface area contributed by atoms with E-state index in [0.29, 0.717) is 5.92 Å².